The summed E-state index contributed by atoms with van der Waals surface area (Å²) in [6, 6.07) is 0. The second-order valence-corrected chi connectivity index (χ2v) is 2.93. The van der Waals surface area contributed by atoms with Gasteiger partial charge in [-0.1, -0.05) is 34.2 Å². The maximum atomic E-state index is 10.9. The first-order valence-corrected chi connectivity index (χ1v) is 4.66. The average molecular weight is 216 g/mol. The Labute approximate surface area is 74.5 Å². The van der Waals surface area contributed by atoms with E-state index in [1.807, 2.05) is 18.2 Å². The standard InChI is InChI=1S/C8H10BrNO/c9-5-2-1-3-7-4-6-10-8(7)11/h1-3H,4-6H2,(H,10,11)/b2-1-,7-3+. The van der Waals surface area contributed by atoms with Crippen molar-refractivity contribution in [1.82, 2.24) is 5.32 Å². The molecule has 0 aliphatic carbocycles. The Bertz CT molecular complexity index is 208. The molecule has 2 nitrogen and oxygen atoms in total. The number of hydrogen-bond donors (Lipinski definition) is 1. The van der Waals surface area contributed by atoms with Gasteiger partial charge >= 0.3 is 0 Å². The topological polar surface area (TPSA) is 29.1 Å². The number of carbonyl (C=O) groups is 1. The van der Waals surface area contributed by atoms with Crippen LogP contribution in [0.2, 0.25) is 0 Å². The summed E-state index contributed by atoms with van der Waals surface area (Å²) in [6.07, 6.45) is 6.57. The second kappa shape index (κ2) is 4.34. The van der Waals surface area contributed by atoms with E-state index in [1.165, 1.54) is 0 Å². The van der Waals surface area contributed by atoms with Gasteiger partial charge in [0.2, 0.25) is 5.91 Å². The molecule has 1 N–H and O–H groups in total. The predicted molar refractivity (Wildman–Crippen MR) is 48.6 cm³/mol. The maximum absolute atomic E-state index is 10.9. The minimum Gasteiger partial charge on any atom is -0.352 e. The van der Waals surface area contributed by atoms with Crippen LogP contribution in [0.15, 0.2) is 23.8 Å². The van der Waals surface area contributed by atoms with E-state index >= 15 is 0 Å². The van der Waals surface area contributed by atoms with Crippen LogP contribution >= 0.6 is 15.9 Å². The van der Waals surface area contributed by atoms with Gasteiger partial charge in [-0.15, -0.1) is 0 Å². The molecule has 0 atom stereocenters. The van der Waals surface area contributed by atoms with Crippen LogP contribution in [0, 0.1) is 0 Å². The van der Waals surface area contributed by atoms with Crippen molar-refractivity contribution in [2.24, 2.45) is 0 Å². The van der Waals surface area contributed by atoms with Crippen molar-refractivity contribution in [3.63, 3.8) is 0 Å². The summed E-state index contributed by atoms with van der Waals surface area (Å²) >= 11 is 3.26. The molecule has 1 amide bonds. The highest BCUT2D eigenvalue weighted by Gasteiger charge is 2.13. The van der Waals surface area contributed by atoms with E-state index in [0.29, 0.717) is 0 Å². The van der Waals surface area contributed by atoms with Crippen molar-refractivity contribution in [1.29, 1.82) is 0 Å². The van der Waals surface area contributed by atoms with Crippen molar-refractivity contribution in [2.75, 3.05) is 11.9 Å². The molecule has 60 valence electrons. The first-order valence-electron chi connectivity index (χ1n) is 3.54. The van der Waals surface area contributed by atoms with Crippen molar-refractivity contribution in [3.05, 3.63) is 23.8 Å². The van der Waals surface area contributed by atoms with Gasteiger partial charge in [-0.25, -0.2) is 0 Å². The molecule has 1 aliphatic rings. The van der Waals surface area contributed by atoms with Gasteiger partial charge in [0.1, 0.15) is 0 Å². The van der Waals surface area contributed by atoms with Gasteiger partial charge in [-0.2, -0.15) is 0 Å². The molecule has 0 spiro atoms. The van der Waals surface area contributed by atoms with Crippen LogP contribution in [0.5, 0.6) is 0 Å². The lowest BCUT2D eigenvalue weighted by atomic mass is 10.2. The van der Waals surface area contributed by atoms with E-state index in [1.54, 1.807) is 0 Å². The summed E-state index contributed by atoms with van der Waals surface area (Å²) in [5, 5.41) is 3.58. The third-order valence-corrected chi connectivity index (χ3v) is 1.87. The Balaban J connectivity index is 2.51. The number of halogens is 1. The molecule has 0 radical (unpaired) electrons. The van der Waals surface area contributed by atoms with Gasteiger partial charge in [0.05, 0.1) is 0 Å². The zero-order valence-electron chi connectivity index (χ0n) is 6.14. The molecule has 1 heterocycles. The molecule has 0 bridgehead atoms. The van der Waals surface area contributed by atoms with Crippen LogP contribution in [-0.4, -0.2) is 17.8 Å². The lowest BCUT2D eigenvalue weighted by molar-refractivity contribution is -0.116. The Hall–Kier alpha value is -0.570. The van der Waals surface area contributed by atoms with Crippen molar-refractivity contribution in [3.8, 4) is 0 Å². The van der Waals surface area contributed by atoms with E-state index in [9.17, 15) is 4.79 Å². The summed E-state index contributed by atoms with van der Waals surface area (Å²) < 4.78 is 0. The highest BCUT2D eigenvalue weighted by molar-refractivity contribution is 9.09. The lowest BCUT2D eigenvalue weighted by Gasteiger charge is -1.87. The number of amides is 1. The molecule has 0 saturated carbocycles. The molecule has 11 heavy (non-hydrogen) atoms. The highest BCUT2D eigenvalue weighted by atomic mass is 79.9. The highest BCUT2D eigenvalue weighted by Crippen LogP contribution is 2.06. The molecule has 0 aromatic heterocycles. The molecular formula is C8H10BrNO. The van der Waals surface area contributed by atoms with E-state index < -0.39 is 0 Å². The maximum Gasteiger partial charge on any atom is 0.247 e. The first-order chi connectivity index (χ1) is 5.34. The summed E-state index contributed by atoms with van der Waals surface area (Å²) in [5.41, 5.74) is 0.877. The summed E-state index contributed by atoms with van der Waals surface area (Å²) in [4.78, 5) is 10.9. The number of nitrogens with one attached hydrogen (secondary N) is 1. The SMILES string of the molecule is O=C1NCC/C1=C\C=C/CBr. The monoisotopic (exact) mass is 215 g/mol. The number of rotatable bonds is 2. The van der Waals surface area contributed by atoms with Gasteiger partial charge in [-0.3, -0.25) is 4.79 Å². The zero-order chi connectivity index (χ0) is 8.10. The lowest BCUT2D eigenvalue weighted by Crippen LogP contribution is -2.13. The normalized spacial score (nSPS) is 21.5. The molecule has 3 heteroatoms. The van der Waals surface area contributed by atoms with Gasteiger partial charge in [0.15, 0.2) is 0 Å². The molecule has 0 aromatic rings. The van der Waals surface area contributed by atoms with E-state index in [-0.39, 0.29) is 5.91 Å². The van der Waals surface area contributed by atoms with Crippen LogP contribution in [0.4, 0.5) is 0 Å². The Kier molecular flexibility index (Phi) is 3.36. The van der Waals surface area contributed by atoms with Crippen LogP contribution in [-0.2, 0) is 4.79 Å². The van der Waals surface area contributed by atoms with Crippen LogP contribution < -0.4 is 5.32 Å². The fourth-order valence-electron chi connectivity index (χ4n) is 0.932. The van der Waals surface area contributed by atoms with E-state index in [4.69, 9.17) is 0 Å². The summed E-state index contributed by atoms with van der Waals surface area (Å²) in [5.74, 6) is 0.0734. The quantitative estimate of drug-likeness (QED) is 0.548. The summed E-state index contributed by atoms with van der Waals surface area (Å²) in [6.45, 7) is 0.785. The van der Waals surface area contributed by atoms with Gasteiger partial charge < -0.3 is 5.32 Å². The Morgan fingerprint density at radius 3 is 3.00 bits per heavy atom. The largest absolute Gasteiger partial charge is 0.352 e. The van der Waals surface area contributed by atoms with Gasteiger partial charge in [-0.05, 0) is 6.42 Å². The van der Waals surface area contributed by atoms with Crippen molar-refractivity contribution < 1.29 is 4.79 Å². The molecular weight excluding hydrogens is 206 g/mol. The van der Waals surface area contributed by atoms with E-state index in [0.717, 1.165) is 23.9 Å². The molecule has 0 aromatic carbocycles. The second-order valence-electron chi connectivity index (χ2n) is 2.28. The molecule has 1 rings (SSSR count). The number of alkyl halides is 1. The third-order valence-electron chi connectivity index (χ3n) is 1.49. The van der Waals surface area contributed by atoms with Crippen LogP contribution in [0.25, 0.3) is 0 Å². The first kappa shape index (κ1) is 8.53. The number of allylic oxidation sites excluding steroid dienone is 3. The minimum absolute atomic E-state index is 0.0734. The smallest absolute Gasteiger partial charge is 0.247 e. The van der Waals surface area contributed by atoms with Gasteiger partial charge in [0, 0.05) is 17.4 Å². The molecule has 1 saturated heterocycles. The average Bonchev–Trinajstić information content (AvgIpc) is 2.37. The molecule has 1 aliphatic heterocycles. The summed E-state index contributed by atoms with van der Waals surface area (Å²) in [7, 11) is 0. The third kappa shape index (κ3) is 2.50. The van der Waals surface area contributed by atoms with Crippen molar-refractivity contribution >= 4 is 21.8 Å². The Morgan fingerprint density at radius 2 is 2.45 bits per heavy atom. The fourth-order valence-corrected chi connectivity index (χ4v) is 1.15. The van der Waals surface area contributed by atoms with Crippen LogP contribution in [0.1, 0.15) is 6.42 Å². The Morgan fingerprint density at radius 1 is 1.64 bits per heavy atom. The fraction of sp³-hybridized carbons (Fsp3) is 0.375. The molecule has 1 fully saturated rings. The number of hydrogen-bond acceptors (Lipinski definition) is 1. The zero-order valence-corrected chi connectivity index (χ0v) is 7.73. The van der Waals surface area contributed by atoms with E-state index in [2.05, 4.69) is 21.2 Å². The van der Waals surface area contributed by atoms with Crippen LogP contribution in [0.3, 0.4) is 0 Å². The number of carbonyl (C=O) groups excluding carboxylic acids is 1. The molecule has 0 unspecified atom stereocenters. The van der Waals surface area contributed by atoms with Gasteiger partial charge in [0.25, 0.3) is 0 Å². The minimum atomic E-state index is 0.0734. The predicted octanol–water partition coefficient (Wildman–Crippen LogP) is 1.38. The van der Waals surface area contributed by atoms with Crippen molar-refractivity contribution in [2.45, 2.75) is 6.42 Å².